The molecule has 0 amide bonds. The van der Waals surface area contributed by atoms with Gasteiger partial charge in [-0.2, -0.15) is 0 Å². The molecule has 2 fully saturated rings. The quantitative estimate of drug-likeness (QED) is 0.677. The average Bonchev–Trinajstić information content (AvgIpc) is 2.72. The van der Waals surface area contributed by atoms with Gasteiger partial charge in [0.25, 0.3) is 0 Å². The lowest BCUT2D eigenvalue weighted by molar-refractivity contribution is 0.186. The van der Waals surface area contributed by atoms with Crippen LogP contribution in [0.1, 0.15) is 32.6 Å². The van der Waals surface area contributed by atoms with Crippen LogP contribution in [0.25, 0.3) is 0 Å². The van der Waals surface area contributed by atoms with Crippen molar-refractivity contribution >= 4 is 10.0 Å². The van der Waals surface area contributed by atoms with Gasteiger partial charge in [0.2, 0.25) is 10.0 Å². The lowest BCUT2D eigenvalue weighted by Crippen LogP contribution is -2.47. The first kappa shape index (κ1) is 14.2. The number of hydrogen-bond donors (Lipinski definition) is 2. The van der Waals surface area contributed by atoms with E-state index in [1.54, 1.807) is 0 Å². The third-order valence-corrected chi connectivity index (χ3v) is 5.39. The van der Waals surface area contributed by atoms with Crippen molar-refractivity contribution in [3.05, 3.63) is 0 Å². The standard InChI is InChI=1S/C12H25N3O2S/c1-2-13-7-10-18(16,17)14-11-6-9-15-8-4-3-5-12(11)15/h11-14H,2-10H2,1H3. The van der Waals surface area contributed by atoms with E-state index in [-0.39, 0.29) is 11.8 Å². The molecule has 2 atom stereocenters. The van der Waals surface area contributed by atoms with Gasteiger partial charge in [-0.05, 0) is 32.4 Å². The third kappa shape index (κ3) is 3.66. The number of fused-ring (bicyclic) bond motifs is 1. The normalized spacial score (nSPS) is 29.4. The zero-order valence-electron chi connectivity index (χ0n) is 11.2. The molecule has 2 aliphatic rings. The molecule has 2 aliphatic heterocycles. The van der Waals surface area contributed by atoms with E-state index in [1.807, 2.05) is 6.92 Å². The van der Waals surface area contributed by atoms with Crippen LogP contribution < -0.4 is 10.0 Å². The van der Waals surface area contributed by atoms with Gasteiger partial charge in [-0.25, -0.2) is 13.1 Å². The highest BCUT2D eigenvalue weighted by Gasteiger charge is 2.37. The summed E-state index contributed by atoms with van der Waals surface area (Å²) in [7, 11) is -3.13. The summed E-state index contributed by atoms with van der Waals surface area (Å²) in [5, 5.41) is 3.06. The fraction of sp³-hybridized carbons (Fsp3) is 1.00. The molecule has 0 aromatic rings. The minimum absolute atomic E-state index is 0.136. The summed E-state index contributed by atoms with van der Waals surface area (Å²) in [6.45, 7) is 5.52. The zero-order valence-corrected chi connectivity index (χ0v) is 12.0. The lowest BCUT2D eigenvalue weighted by Gasteiger charge is -2.32. The summed E-state index contributed by atoms with van der Waals surface area (Å²) in [6, 6.07) is 0.574. The van der Waals surface area contributed by atoms with E-state index < -0.39 is 10.0 Å². The Hall–Kier alpha value is -0.170. The highest BCUT2D eigenvalue weighted by Crippen LogP contribution is 2.27. The molecule has 6 heteroatoms. The molecule has 2 unspecified atom stereocenters. The van der Waals surface area contributed by atoms with Crippen LogP contribution in [0.2, 0.25) is 0 Å². The van der Waals surface area contributed by atoms with E-state index in [0.29, 0.717) is 12.6 Å². The summed E-state index contributed by atoms with van der Waals surface area (Å²) < 4.78 is 26.8. The molecule has 18 heavy (non-hydrogen) atoms. The number of rotatable bonds is 6. The second-order valence-electron chi connectivity index (χ2n) is 5.28. The Bertz CT molecular complexity index is 358. The molecule has 2 rings (SSSR count). The largest absolute Gasteiger partial charge is 0.316 e. The van der Waals surface area contributed by atoms with E-state index >= 15 is 0 Å². The monoisotopic (exact) mass is 275 g/mol. The van der Waals surface area contributed by atoms with Crippen molar-refractivity contribution in [1.29, 1.82) is 0 Å². The number of nitrogens with zero attached hydrogens (tertiary/aromatic N) is 1. The molecule has 0 aliphatic carbocycles. The topological polar surface area (TPSA) is 61.4 Å². The number of sulfonamides is 1. The molecular formula is C12H25N3O2S. The van der Waals surface area contributed by atoms with Crippen molar-refractivity contribution in [1.82, 2.24) is 14.9 Å². The van der Waals surface area contributed by atoms with Crippen LogP contribution in [0.3, 0.4) is 0 Å². The van der Waals surface area contributed by atoms with E-state index in [1.165, 1.54) is 12.8 Å². The number of nitrogens with one attached hydrogen (secondary N) is 2. The van der Waals surface area contributed by atoms with Crippen molar-refractivity contribution in [2.24, 2.45) is 0 Å². The molecule has 5 nitrogen and oxygen atoms in total. The highest BCUT2D eigenvalue weighted by molar-refractivity contribution is 7.89. The minimum Gasteiger partial charge on any atom is -0.316 e. The van der Waals surface area contributed by atoms with Gasteiger partial charge in [0.1, 0.15) is 0 Å². The molecule has 0 aromatic heterocycles. The second kappa shape index (κ2) is 6.32. The summed E-state index contributed by atoms with van der Waals surface area (Å²) in [6.07, 6.45) is 4.60. The first-order valence-electron chi connectivity index (χ1n) is 7.07. The minimum atomic E-state index is -3.13. The maximum absolute atomic E-state index is 12.0. The fourth-order valence-electron chi connectivity index (χ4n) is 3.06. The SMILES string of the molecule is CCNCCS(=O)(=O)NC1CCN2CCCCC12. The number of hydrogen-bond acceptors (Lipinski definition) is 4. The predicted molar refractivity (Wildman–Crippen MR) is 73.1 cm³/mol. The van der Waals surface area contributed by atoms with Gasteiger partial charge >= 0.3 is 0 Å². The van der Waals surface area contributed by atoms with E-state index in [2.05, 4.69) is 14.9 Å². The van der Waals surface area contributed by atoms with Crippen molar-refractivity contribution in [2.45, 2.75) is 44.7 Å². The maximum atomic E-state index is 12.0. The Morgan fingerprint density at radius 3 is 2.83 bits per heavy atom. The van der Waals surface area contributed by atoms with Gasteiger partial charge in [0.15, 0.2) is 0 Å². The zero-order chi connectivity index (χ0) is 13.0. The van der Waals surface area contributed by atoms with Crippen LogP contribution >= 0.6 is 0 Å². The molecule has 0 bridgehead atoms. The van der Waals surface area contributed by atoms with Crippen LogP contribution in [-0.4, -0.2) is 57.3 Å². The lowest BCUT2D eigenvalue weighted by atomic mass is 10.00. The molecule has 106 valence electrons. The van der Waals surface area contributed by atoms with Crippen LogP contribution in [0, 0.1) is 0 Å². The van der Waals surface area contributed by atoms with Gasteiger partial charge < -0.3 is 5.32 Å². The second-order valence-corrected chi connectivity index (χ2v) is 7.16. The summed E-state index contributed by atoms with van der Waals surface area (Å²) in [5.41, 5.74) is 0. The Labute approximate surface area is 110 Å². The van der Waals surface area contributed by atoms with Crippen LogP contribution in [0.5, 0.6) is 0 Å². The van der Waals surface area contributed by atoms with E-state index in [9.17, 15) is 8.42 Å². The fourth-order valence-corrected chi connectivity index (χ4v) is 4.32. The molecular weight excluding hydrogens is 250 g/mol. The number of piperidine rings is 1. The van der Waals surface area contributed by atoms with E-state index in [0.717, 1.165) is 32.5 Å². The molecule has 0 saturated carbocycles. The Balaban J connectivity index is 1.85. The maximum Gasteiger partial charge on any atom is 0.213 e. The summed E-state index contributed by atoms with van der Waals surface area (Å²) in [4.78, 5) is 2.45. The van der Waals surface area contributed by atoms with Gasteiger partial charge in [-0.15, -0.1) is 0 Å². The van der Waals surface area contributed by atoms with Crippen molar-refractivity contribution in [2.75, 3.05) is 31.9 Å². The third-order valence-electron chi connectivity index (χ3n) is 3.98. The molecule has 0 radical (unpaired) electrons. The van der Waals surface area contributed by atoms with Gasteiger partial charge in [0, 0.05) is 25.2 Å². The average molecular weight is 275 g/mol. The predicted octanol–water partition coefficient (Wildman–Crippen LogP) is 0.142. The van der Waals surface area contributed by atoms with E-state index in [4.69, 9.17) is 0 Å². The Kier molecular flexibility index (Phi) is 5.00. The first-order chi connectivity index (χ1) is 8.62. The Morgan fingerprint density at radius 2 is 2.06 bits per heavy atom. The van der Waals surface area contributed by atoms with Crippen molar-refractivity contribution in [3.63, 3.8) is 0 Å². The highest BCUT2D eigenvalue weighted by atomic mass is 32.2. The molecule has 2 heterocycles. The Morgan fingerprint density at radius 1 is 1.22 bits per heavy atom. The molecule has 0 aromatic carbocycles. The van der Waals surface area contributed by atoms with Crippen LogP contribution in [-0.2, 0) is 10.0 Å². The van der Waals surface area contributed by atoms with Crippen molar-refractivity contribution < 1.29 is 8.42 Å². The smallest absolute Gasteiger partial charge is 0.213 e. The van der Waals surface area contributed by atoms with Crippen LogP contribution in [0.15, 0.2) is 0 Å². The van der Waals surface area contributed by atoms with Gasteiger partial charge in [0.05, 0.1) is 5.75 Å². The summed E-state index contributed by atoms with van der Waals surface area (Å²) >= 11 is 0. The summed E-state index contributed by atoms with van der Waals surface area (Å²) in [5.74, 6) is 0.185. The molecule has 2 saturated heterocycles. The van der Waals surface area contributed by atoms with Gasteiger partial charge in [-0.3, -0.25) is 4.90 Å². The van der Waals surface area contributed by atoms with Gasteiger partial charge in [-0.1, -0.05) is 13.3 Å². The molecule has 2 N–H and O–H groups in total. The van der Waals surface area contributed by atoms with Crippen molar-refractivity contribution in [3.8, 4) is 0 Å². The van der Waals surface area contributed by atoms with Crippen LogP contribution in [0.4, 0.5) is 0 Å². The first-order valence-corrected chi connectivity index (χ1v) is 8.72. The molecule has 0 spiro atoms.